The Morgan fingerprint density at radius 2 is 2.20 bits per heavy atom. The van der Waals surface area contributed by atoms with Crippen molar-refractivity contribution in [3.63, 3.8) is 0 Å². The van der Waals surface area contributed by atoms with E-state index in [2.05, 4.69) is 5.32 Å². The van der Waals surface area contributed by atoms with Gasteiger partial charge in [0.1, 0.15) is 0 Å². The lowest BCUT2D eigenvalue weighted by Gasteiger charge is -2.14. The number of rotatable bonds is 6. The predicted octanol–water partition coefficient (Wildman–Crippen LogP) is 3.03. The Morgan fingerprint density at radius 3 is 2.85 bits per heavy atom. The molecule has 0 heterocycles. The zero-order valence-corrected chi connectivity index (χ0v) is 12.3. The molecule has 0 fully saturated rings. The van der Waals surface area contributed by atoms with Crippen molar-refractivity contribution in [2.75, 3.05) is 6.61 Å². The van der Waals surface area contributed by atoms with Crippen molar-refractivity contribution in [1.29, 1.82) is 0 Å². The van der Waals surface area contributed by atoms with E-state index in [1.54, 1.807) is 18.2 Å². The summed E-state index contributed by atoms with van der Waals surface area (Å²) in [5, 5.41) is 3.35. The first-order valence-electron chi connectivity index (χ1n) is 6.41. The largest absolute Gasteiger partial charge is 0.452 e. The summed E-state index contributed by atoms with van der Waals surface area (Å²) < 4.78 is 4.80. The second kappa shape index (κ2) is 8.38. The van der Waals surface area contributed by atoms with Gasteiger partial charge in [-0.2, -0.15) is 0 Å². The molecular formula is C15H18ClNO3. The quantitative estimate of drug-likeness (QED) is 0.648. The number of carbonyl (C=O) groups is 2. The maximum Gasteiger partial charge on any atom is 0.330 e. The molecule has 1 N–H and O–H groups in total. The van der Waals surface area contributed by atoms with Crippen LogP contribution in [0.15, 0.2) is 36.4 Å². The number of allylic oxidation sites excluding steroid dienone is 1. The number of benzene rings is 1. The van der Waals surface area contributed by atoms with Crippen LogP contribution >= 0.6 is 11.6 Å². The zero-order valence-electron chi connectivity index (χ0n) is 11.6. The van der Waals surface area contributed by atoms with E-state index in [1.165, 1.54) is 6.08 Å². The molecule has 108 valence electrons. The third kappa shape index (κ3) is 5.89. The minimum atomic E-state index is -0.516. The second-order valence-electron chi connectivity index (χ2n) is 4.26. The van der Waals surface area contributed by atoms with Crippen LogP contribution in [0.3, 0.4) is 0 Å². The van der Waals surface area contributed by atoms with Gasteiger partial charge in [-0.3, -0.25) is 4.79 Å². The van der Waals surface area contributed by atoms with Gasteiger partial charge in [0.15, 0.2) is 6.61 Å². The Bertz CT molecular complexity index is 500. The molecule has 0 bridgehead atoms. The Hall–Kier alpha value is -1.81. The summed E-state index contributed by atoms with van der Waals surface area (Å²) in [6, 6.07) is 7.03. The molecule has 0 radical (unpaired) electrons. The van der Waals surface area contributed by atoms with E-state index < -0.39 is 5.97 Å². The number of hydrogen-bond acceptors (Lipinski definition) is 3. The first-order chi connectivity index (χ1) is 9.52. The monoisotopic (exact) mass is 295 g/mol. The summed E-state index contributed by atoms with van der Waals surface area (Å²) in [6.45, 7) is 3.45. The SMILES string of the molecule is CC/C=C/C(=O)OCC(=O)N[C@@H](C)c1cccc(Cl)c1. The van der Waals surface area contributed by atoms with E-state index in [0.717, 1.165) is 12.0 Å². The molecule has 1 amide bonds. The fourth-order valence-electron chi connectivity index (χ4n) is 1.54. The molecule has 1 rings (SSSR count). The number of halogens is 1. The van der Waals surface area contributed by atoms with Crippen LogP contribution in [-0.4, -0.2) is 18.5 Å². The van der Waals surface area contributed by atoms with Gasteiger partial charge in [0.25, 0.3) is 5.91 Å². The molecule has 0 aliphatic rings. The van der Waals surface area contributed by atoms with Crippen molar-refractivity contribution in [2.45, 2.75) is 26.3 Å². The van der Waals surface area contributed by atoms with Crippen LogP contribution in [0, 0.1) is 0 Å². The van der Waals surface area contributed by atoms with Gasteiger partial charge in [0.05, 0.1) is 6.04 Å². The summed E-state index contributed by atoms with van der Waals surface area (Å²) in [5.74, 6) is -0.867. The second-order valence-corrected chi connectivity index (χ2v) is 4.70. The van der Waals surface area contributed by atoms with Gasteiger partial charge in [0.2, 0.25) is 0 Å². The van der Waals surface area contributed by atoms with Gasteiger partial charge >= 0.3 is 5.97 Å². The molecule has 0 aliphatic carbocycles. The molecule has 0 aliphatic heterocycles. The third-order valence-corrected chi connectivity index (χ3v) is 2.80. The topological polar surface area (TPSA) is 55.4 Å². The van der Waals surface area contributed by atoms with Crippen LogP contribution in [0.5, 0.6) is 0 Å². The lowest BCUT2D eigenvalue weighted by molar-refractivity contribution is -0.144. The molecule has 0 saturated carbocycles. The molecule has 1 aromatic carbocycles. The number of hydrogen-bond donors (Lipinski definition) is 1. The number of carbonyl (C=O) groups excluding carboxylic acids is 2. The summed E-state index contributed by atoms with van der Waals surface area (Å²) in [6.07, 6.45) is 3.73. The van der Waals surface area contributed by atoms with Gasteiger partial charge in [-0.25, -0.2) is 4.79 Å². The van der Waals surface area contributed by atoms with Gasteiger partial charge in [-0.15, -0.1) is 0 Å². The molecule has 0 unspecified atom stereocenters. The molecule has 20 heavy (non-hydrogen) atoms. The molecular weight excluding hydrogens is 278 g/mol. The number of amides is 1. The average molecular weight is 296 g/mol. The van der Waals surface area contributed by atoms with E-state index >= 15 is 0 Å². The smallest absolute Gasteiger partial charge is 0.330 e. The fourth-order valence-corrected chi connectivity index (χ4v) is 1.74. The maximum absolute atomic E-state index is 11.6. The van der Waals surface area contributed by atoms with Crippen molar-refractivity contribution in [2.24, 2.45) is 0 Å². The highest BCUT2D eigenvalue weighted by Gasteiger charge is 2.11. The van der Waals surface area contributed by atoms with Crippen molar-refractivity contribution in [3.05, 3.63) is 47.0 Å². The van der Waals surface area contributed by atoms with Crippen LogP contribution in [0.4, 0.5) is 0 Å². The van der Waals surface area contributed by atoms with Crippen molar-refractivity contribution >= 4 is 23.5 Å². The van der Waals surface area contributed by atoms with Crippen LogP contribution in [-0.2, 0) is 14.3 Å². The Balaban J connectivity index is 2.42. The van der Waals surface area contributed by atoms with Gasteiger partial charge in [-0.05, 0) is 31.0 Å². The van der Waals surface area contributed by atoms with Crippen molar-refractivity contribution in [1.82, 2.24) is 5.32 Å². The van der Waals surface area contributed by atoms with E-state index in [0.29, 0.717) is 5.02 Å². The number of ether oxygens (including phenoxy) is 1. The van der Waals surface area contributed by atoms with Crippen LogP contribution < -0.4 is 5.32 Å². The average Bonchev–Trinajstić information content (AvgIpc) is 2.42. The molecule has 0 aromatic heterocycles. The summed E-state index contributed by atoms with van der Waals surface area (Å²) >= 11 is 5.89. The van der Waals surface area contributed by atoms with Crippen LogP contribution in [0.1, 0.15) is 31.9 Å². The highest BCUT2D eigenvalue weighted by Crippen LogP contribution is 2.17. The van der Waals surface area contributed by atoms with Crippen LogP contribution in [0.2, 0.25) is 5.02 Å². The van der Waals surface area contributed by atoms with E-state index in [-0.39, 0.29) is 18.6 Å². The summed E-state index contributed by atoms with van der Waals surface area (Å²) in [5.41, 5.74) is 0.892. The van der Waals surface area contributed by atoms with Crippen LogP contribution in [0.25, 0.3) is 0 Å². The standard InChI is InChI=1S/C15H18ClNO3/c1-3-4-8-15(19)20-10-14(18)17-11(2)12-6-5-7-13(16)9-12/h4-9,11H,3,10H2,1-2H3,(H,17,18)/b8-4+/t11-/m0/s1. The Morgan fingerprint density at radius 1 is 1.45 bits per heavy atom. The van der Waals surface area contributed by atoms with Crippen molar-refractivity contribution in [3.8, 4) is 0 Å². The molecule has 4 nitrogen and oxygen atoms in total. The highest BCUT2D eigenvalue weighted by atomic mass is 35.5. The van der Waals surface area contributed by atoms with E-state index in [1.807, 2.05) is 26.0 Å². The van der Waals surface area contributed by atoms with Gasteiger partial charge < -0.3 is 10.1 Å². The first-order valence-corrected chi connectivity index (χ1v) is 6.78. The molecule has 1 aromatic rings. The molecule has 5 heteroatoms. The Labute approximate surface area is 123 Å². The Kier molecular flexibility index (Phi) is 6.81. The fraction of sp³-hybridized carbons (Fsp3) is 0.333. The minimum absolute atomic E-state index is 0.203. The third-order valence-electron chi connectivity index (χ3n) is 2.56. The van der Waals surface area contributed by atoms with E-state index in [9.17, 15) is 9.59 Å². The van der Waals surface area contributed by atoms with Crippen molar-refractivity contribution < 1.29 is 14.3 Å². The predicted molar refractivity (Wildman–Crippen MR) is 78.4 cm³/mol. The number of nitrogens with one attached hydrogen (secondary N) is 1. The van der Waals surface area contributed by atoms with Gasteiger partial charge in [0, 0.05) is 11.1 Å². The first kappa shape index (κ1) is 16.2. The lowest BCUT2D eigenvalue weighted by atomic mass is 10.1. The summed E-state index contributed by atoms with van der Waals surface area (Å²) in [7, 11) is 0. The number of esters is 1. The lowest BCUT2D eigenvalue weighted by Crippen LogP contribution is -2.30. The maximum atomic E-state index is 11.6. The normalized spacial score (nSPS) is 12.2. The molecule has 0 spiro atoms. The minimum Gasteiger partial charge on any atom is -0.452 e. The molecule has 0 saturated heterocycles. The highest BCUT2D eigenvalue weighted by molar-refractivity contribution is 6.30. The summed E-state index contributed by atoms with van der Waals surface area (Å²) in [4.78, 5) is 22.8. The zero-order chi connectivity index (χ0) is 15.0. The molecule has 1 atom stereocenters. The van der Waals surface area contributed by atoms with Gasteiger partial charge in [-0.1, -0.05) is 36.7 Å². The van der Waals surface area contributed by atoms with E-state index in [4.69, 9.17) is 16.3 Å².